The van der Waals surface area contributed by atoms with E-state index in [-0.39, 0.29) is 24.9 Å². The molecule has 6 nitrogen and oxygen atoms in total. The van der Waals surface area contributed by atoms with Crippen LogP contribution in [0.1, 0.15) is 27.9 Å². The van der Waals surface area contributed by atoms with E-state index in [0.29, 0.717) is 23.5 Å². The van der Waals surface area contributed by atoms with E-state index in [2.05, 4.69) is 5.32 Å². The quantitative estimate of drug-likeness (QED) is 0.512. The molecule has 0 radical (unpaired) electrons. The number of amides is 1. The summed E-state index contributed by atoms with van der Waals surface area (Å²) in [7, 11) is 3.17. The summed E-state index contributed by atoms with van der Waals surface area (Å²) in [4.78, 5) is 24.4. The summed E-state index contributed by atoms with van der Waals surface area (Å²) in [6, 6.07) is 21.8. The molecule has 0 fully saturated rings. The van der Waals surface area contributed by atoms with Crippen molar-refractivity contribution in [3.63, 3.8) is 0 Å². The second-order valence-corrected chi connectivity index (χ2v) is 6.90. The molecule has 0 spiro atoms. The van der Waals surface area contributed by atoms with Crippen LogP contribution in [0.3, 0.4) is 0 Å². The molecule has 0 saturated heterocycles. The van der Waals surface area contributed by atoms with Crippen LogP contribution >= 0.6 is 0 Å². The van der Waals surface area contributed by atoms with Gasteiger partial charge in [0.15, 0.2) is 0 Å². The summed E-state index contributed by atoms with van der Waals surface area (Å²) < 4.78 is 15.8. The van der Waals surface area contributed by atoms with Gasteiger partial charge in [-0.05, 0) is 53.9 Å². The van der Waals surface area contributed by atoms with Crippen LogP contribution in [0, 0.1) is 0 Å². The molecule has 1 N–H and O–H groups in total. The Labute approximate surface area is 181 Å². The van der Waals surface area contributed by atoms with Gasteiger partial charge >= 0.3 is 5.97 Å². The minimum Gasteiger partial charge on any atom is -0.497 e. The Hall–Kier alpha value is -3.80. The highest BCUT2D eigenvalue weighted by Gasteiger charge is 2.09. The number of hydrogen-bond donors (Lipinski definition) is 1. The normalized spacial score (nSPS) is 10.3. The molecule has 0 atom stereocenters. The third kappa shape index (κ3) is 6.60. The number of methoxy groups -OCH3 is 2. The number of para-hydroxylation sites is 1. The van der Waals surface area contributed by atoms with E-state index in [4.69, 9.17) is 14.2 Å². The average molecular weight is 419 g/mol. The molecule has 0 aromatic heterocycles. The summed E-state index contributed by atoms with van der Waals surface area (Å²) in [5.74, 6) is 0.870. The van der Waals surface area contributed by atoms with Crippen molar-refractivity contribution in [3.8, 4) is 11.5 Å². The van der Waals surface area contributed by atoms with Gasteiger partial charge in [-0.1, -0.05) is 30.3 Å². The predicted octanol–water partition coefficient (Wildman–Crippen LogP) is 4.63. The number of hydrogen-bond acceptors (Lipinski definition) is 5. The lowest BCUT2D eigenvalue weighted by atomic mass is 10.1. The molecule has 1 amide bonds. The standard InChI is InChI=1S/C25H25NO5/c1-29-22-14-19(15-23(16-22)30-2)10-13-24(27)31-17-18-8-11-20(12-9-18)25(28)26-21-6-4-3-5-7-21/h3-9,11-12,14-16H,10,13,17H2,1-2H3,(H,26,28). The first kappa shape index (κ1) is 21.9. The van der Waals surface area contributed by atoms with Gasteiger partial charge in [0, 0.05) is 23.7 Å². The Morgan fingerprint density at radius 2 is 1.45 bits per heavy atom. The second-order valence-electron chi connectivity index (χ2n) is 6.90. The summed E-state index contributed by atoms with van der Waals surface area (Å²) in [5.41, 5.74) is 3.01. The zero-order chi connectivity index (χ0) is 22.1. The molecule has 0 aliphatic rings. The van der Waals surface area contributed by atoms with Crippen molar-refractivity contribution in [3.05, 3.63) is 89.5 Å². The van der Waals surface area contributed by atoms with Crippen LogP contribution in [0.4, 0.5) is 5.69 Å². The Kier molecular flexibility index (Phi) is 7.65. The van der Waals surface area contributed by atoms with E-state index >= 15 is 0 Å². The zero-order valence-corrected chi connectivity index (χ0v) is 17.6. The Morgan fingerprint density at radius 1 is 0.806 bits per heavy atom. The molecule has 0 saturated carbocycles. The van der Waals surface area contributed by atoms with Gasteiger partial charge in [0.2, 0.25) is 0 Å². The minimum atomic E-state index is -0.298. The summed E-state index contributed by atoms with van der Waals surface area (Å²) in [6.07, 6.45) is 0.763. The average Bonchev–Trinajstić information content (AvgIpc) is 2.82. The molecular weight excluding hydrogens is 394 g/mol. The van der Waals surface area contributed by atoms with Crippen LogP contribution in [0.2, 0.25) is 0 Å². The van der Waals surface area contributed by atoms with Crippen LogP contribution in [0.25, 0.3) is 0 Å². The molecule has 160 valence electrons. The van der Waals surface area contributed by atoms with Crippen LogP contribution in [-0.2, 0) is 22.6 Å². The smallest absolute Gasteiger partial charge is 0.306 e. The fourth-order valence-corrected chi connectivity index (χ4v) is 2.97. The van der Waals surface area contributed by atoms with Crippen LogP contribution in [-0.4, -0.2) is 26.1 Å². The van der Waals surface area contributed by atoms with Gasteiger partial charge < -0.3 is 19.5 Å². The van der Waals surface area contributed by atoms with Crippen LogP contribution < -0.4 is 14.8 Å². The first-order valence-corrected chi connectivity index (χ1v) is 9.90. The summed E-state index contributed by atoms with van der Waals surface area (Å²) >= 11 is 0. The predicted molar refractivity (Wildman–Crippen MR) is 119 cm³/mol. The van der Waals surface area contributed by atoms with Crippen molar-refractivity contribution in [2.45, 2.75) is 19.4 Å². The van der Waals surface area contributed by atoms with Gasteiger partial charge in [-0.3, -0.25) is 9.59 Å². The molecule has 0 aliphatic carbocycles. The third-order valence-corrected chi connectivity index (χ3v) is 4.68. The van der Waals surface area contributed by atoms with Crippen molar-refractivity contribution in [2.75, 3.05) is 19.5 Å². The van der Waals surface area contributed by atoms with Crippen molar-refractivity contribution in [2.24, 2.45) is 0 Å². The summed E-state index contributed by atoms with van der Waals surface area (Å²) in [5, 5.41) is 2.83. The second kappa shape index (κ2) is 10.8. The Morgan fingerprint density at radius 3 is 2.06 bits per heavy atom. The maximum atomic E-state index is 12.3. The Balaban J connectivity index is 1.47. The Bertz CT molecular complexity index is 994. The fraction of sp³-hybridized carbons (Fsp3) is 0.200. The number of nitrogens with one attached hydrogen (secondary N) is 1. The molecule has 3 aromatic carbocycles. The highest BCUT2D eigenvalue weighted by molar-refractivity contribution is 6.04. The molecule has 0 unspecified atom stereocenters. The minimum absolute atomic E-state index is 0.154. The number of carbonyl (C=O) groups is 2. The molecule has 0 heterocycles. The van der Waals surface area contributed by atoms with Gasteiger partial charge in [-0.25, -0.2) is 0 Å². The SMILES string of the molecule is COc1cc(CCC(=O)OCc2ccc(C(=O)Nc3ccccc3)cc2)cc(OC)c1. The molecule has 0 aliphatic heterocycles. The lowest BCUT2D eigenvalue weighted by Crippen LogP contribution is -2.12. The zero-order valence-electron chi connectivity index (χ0n) is 17.6. The van der Waals surface area contributed by atoms with E-state index in [0.717, 1.165) is 16.8 Å². The van der Waals surface area contributed by atoms with Gasteiger partial charge in [-0.2, -0.15) is 0 Å². The van der Waals surface area contributed by atoms with Crippen LogP contribution in [0.15, 0.2) is 72.8 Å². The number of rotatable bonds is 9. The fourth-order valence-electron chi connectivity index (χ4n) is 2.97. The van der Waals surface area contributed by atoms with Gasteiger partial charge in [-0.15, -0.1) is 0 Å². The lowest BCUT2D eigenvalue weighted by Gasteiger charge is -2.09. The first-order valence-electron chi connectivity index (χ1n) is 9.90. The number of ether oxygens (including phenoxy) is 3. The first-order chi connectivity index (χ1) is 15.1. The lowest BCUT2D eigenvalue weighted by molar-refractivity contribution is -0.144. The molecule has 3 rings (SSSR count). The summed E-state index contributed by atoms with van der Waals surface area (Å²) in [6.45, 7) is 0.154. The number of anilines is 1. The highest BCUT2D eigenvalue weighted by Crippen LogP contribution is 2.23. The number of benzene rings is 3. The van der Waals surface area contributed by atoms with Crippen molar-refractivity contribution in [1.29, 1.82) is 0 Å². The van der Waals surface area contributed by atoms with E-state index in [1.54, 1.807) is 44.6 Å². The monoisotopic (exact) mass is 419 g/mol. The van der Waals surface area contributed by atoms with E-state index < -0.39 is 0 Å². The van der Waals surface area contributed by atoms with Gasteiger partial charge in [0.25, 0.3) is 5.91 Å². The van der Waals surface area contributed by atoms with Crippen molar-refractivity contribution >= 4 is 17.6 Å². The van der Waals surface area contributed by atoms with E-state index in [9.17, 15) is 9.59 Å². The van der Waals surface area contributed by atoms with E-state index in [1.807, 2.05) is 42.5 Å². The largest absolute Gasteiger partial charge is 0.497 e. The topological polar surface area (TPSA) is 73.9 Å². The molecule has 31 heavy (non-hydrogen) atoms. The number of esters is 1. The van der Waals surface area contributed by atoms with Crippen LogP contribution in [0.5, 0.6) is 11.5 Å². The van der Waals surface area contributed by atoms with Gasteiger partial charge in [0.05, 0.1) is 14.2 Å². The highest BCUT2D eigenvalue weighted by atomic mass is 16.5. The number of aryl methyl sites for hydroxylation is 1. The maximum Gasteiger partial charge on any atom is 0.306 e. The van der Waals surface area contributed by atoms with E-state index in [1.165, 1.54) is 0 Å². The van der Waals surface area contributed by atoms with Gasteiger partial charge in [0.1, 0.15) is 18.1 Å². The van der Waals surface area contributed by atoms with Crippen molar-refractivity contribution in [1.82, 2.24) is 0 Å². The third-order valence-electron chi connectivity index (χ3n) is 4.68. The molecular formula is C25H25NO5. The molecule has 0 bridgehead atoms. The van der Waals surface area contributed by atoms with Crippen molar-refractivity contribution < 1.29 is 23.8 Å². The molecule has 3 aromatic rings. The maximum absolute atomic E-state index is 12.3. The molecule has 6 heteroatoms. The number of carbonyl (C=O) groups excluding carboxylic acids is 2.